The molecule has 0 atom stereocenters. The van der Waals surface area contributed by atoms with Crippen molar-refractivity contribution in [2.45, 2.75) is 12.8 Å². The number of rotatable bonds is 4. The van der Waals surface area contributed by atoms with Gasteiger partial charge in [0.2, 0.25) is 0 Å². The Labute approximate surface area is 88.3 Å². The van der Waals surface area contributed by atoms with Gasteiger partial charge in [0.15, 0.2) is 5.69 Å². The summed E-state index contributed by atoms with van der Waals surface area (Å²) in [6, 6.07) is 3.45. The average molecular weight is 206 g/mol. The van der Waals surface area contributed by atoms with Gasteiger partial charge < -0.3 is 10.6 Å². The molecule has 1 heterocycles. The zero-order chi connectivity index (χ0) is 10.7. The van der Waals surface area contributed by atoms with Crippen LogP contribution in [0.15, 0.2) is 12.1 Å². The van der Waals surface area contributed by atoms with Gasteiger partial charge in [0.25, 0.3) is 5.91 Å². The molecule has 15 heavy (non-hydrogen) atoms. The lowest BCUT2D eigenvalue weighted by Crippen LogP contribution is -2.19. The molecule has 5 heteroatoms. The van der Waals surface area contributed by atoms with Crippen molar-refractivity contribution in [3.8, 4) is 0 Å². The van der Waals surface area contributed by atoms with Crippen molar-refractivity contribution in [3.63, 3.8) is 0 Å². The molecule has 1 saturated carbocycles. The van der Waals surface area contributed by atoms with Gasteiger partial charge in [-0.15, -0.1) is 10.2 Å². The summed E-state index contributed by atoms with van der Waals surface area (Å²) < 4.78 is 0. The highest BCUT2D eigenvalue weighted by atomic mass is 16.1. The van der Waals surface area contributed by atoms with Crippen LogP contribution in [0, 0.1) is 5.92 Å². The van der Waals surface area contributed by atoms with Crippen LogP contribution in [0.4, 0.5) is 5.82 Å². The largest absolute Gasteiger partial charge is 0.368 e. The second-order valence-corrected chi connectivity index (χ2v) is 3.71. The first kappa shape index (κ1) is 9.89. The molecule has 5 nitrogen and oxygen atoms in total. The lowest BCUT2D eigenvalue weighted by molar-refractivity contribution is 0.0957. The van der Waals surface area contributed by atoms with Crippen molar-refractivity contribution in [2.24, 2.45) is 5.92 Å². The van der Waals surface area contributed by atoms with Crippen molar-refractivity contribution in [1.82, 2.24) is 15.5 Å². The van der Waals surface area contributed by atoms with Crippen LogP contribution >= 0.6 is 0 Å². The van der Waals surface area contributed by atoms with Crippen LogP contribution in [0.5, 0.6) is 0 Å². The van der Waals surface area contributed by atoms with Crippen LogP contribution in [-0.2, 0) is 0 Å². The molecule has 2 N–H and O–H groups in total. The molecule has 0 unspecified atom stereocenters. The summed E-state index contributed by atoms with van der Waals surface area (Å²) in [7, 11) is 1.57. The Balaban J connectivity index is 1.93. The lowest BCUT2D eigenvalue weighted by atomic mass is 10.3. The van der Waals surface area contributed by atoms with E-state index in [0.29, 0.717) is 5.69 Å². The molecule has 0 saturated heterocycles. The van der Waals surface area contributed by atoms with E-state index in [1.165, 1.54) is 12.8 Å². The zero-order valence-corrected chi connectivity index (χ0v) is 8.66. The number of carbonyl (C=O) groups is 1. The van der Waals surface area contributed by atoms with Crippen LogP contribution < -0.4 is 10.6 Å². The molecule has 1 fully saturated rings. The third kappa shape index (κ3) is 2.65. The second kappa shape index (κ2) is 4.25. The number of amides is 1. The number of anilines is 1. The Bertz CT molecular complexity index is 345. The second-order valence-electron chi connectivity index (χ2n) is 3.71. The van der Waals surface area contributed by atoms with Gasteiger partial charge in [-0.2, -0.15) is 0 Å². The van der Waals surface area contributed by atoms with E-state index in [-0.39, 0.29) is 5.91 Å². The van der Waals surface area contributed by atoms with E-state index in [1.807, 2.05) is 0 Å². The first-order chi connectivity index (χ1) is 7.29. The van der Waals surface area contributed by atoms with Gasteiger partial charge in [0.1, 0.15) is 5.82 Å². The third-order valence-corrected chi connectivity index (χ3v) is 2.39. The molecule has 0 spiro atoms. The minimum atomic E-state index is -0.212. The molecule has 1 aliphatic carbocycles. The minimum absolute atomic E-state index is 0.212. The van der Waals surface area contributed by atoms with Crippen LogP contribution in [0.25, 0.3) is 0 Å². The third-order valence-electron chi connectivity index (χ3n) is 2.39. The first-order valence-corrected chi connectivity index (χ1v) is 5.09. The van der Waals surface area contributed by atoms with Gasteiger partial charge in [-0.05, 0) is 30.9 Å². The highest BCUT2D eigenvalue weighted by Crippen LogP contribution is 2.28. The van der Waals surface area contributed by atoms with Gasteiger partial charge in [0.05, 0.1) is 0 Å². The van der Waals surface area contributed by atoms with E-state index < -0.39 is 0 Å². The Hall–Kier alpha value is -1.65. The number of aromatic nitrogens is 2. The maximum Gasteiger partial charge on any atom is 0.271 e. The fourth-order valence-electron chi connectivity index (χ4n) is 1.25. The van der Waals surface area contributed by atoms with E-state index >= 15 is 0 Å². The molecule has 1 aromatic rings. The average Bonchev–Trinajstić information content (AvgIpc) is 3.10. The zero-order valence-electron chi connectivity index (χ0n) is 8.66. The monoisotopic (exact) mass is 206 g/mol. The molecule has 2 rings (SSSR count). The fourth-order valence-corrected chi connectivity index (χ4v) is 1.25. The summed E-state index contributed by atoms with van der Waals surface area (Å²) >= 11 is 0. The summed E-state index contributed by atoms with van der Waals surface area (Å²) in [6.07, 6.45) is 2.60. The molecular formula is C10H14N4O. The van der Waals surface area contributed by atoms with Crippen LogP contribution in [0.3, 0.4) is 0 Å². The molecule has 0 aliphatic heterocycles. The first-order valence-electron chi connectivity index (χ1n) is 5.09. The van der Waals surface area contributed by atoms with E-state index in [2.05, 4.69) is 20.8 Å². The van der Waals surface area contributed by atoms with Gasteiger partial charge in [-0.1, -0.05) is 0 Å². The summed E-state index contributed by atoms with van der Waals surface area (Å²) in [5.41, 5.74) is 0.342. The molecule has 0 bridgehead atoms. The molecule has 0 radical (unpaired) electrons. The van der Waals surface area contributed by atoms with E-state index in [1.54, 1.807) is 19.2 Å². The van der Waals surface area contributed by atoms with Gasteiger partial charge in [0, 0.05) is 13.6 Å². The highest BCUT2D eigenvalue weighted by molar-refractivity contribution is 5.91. The number of carbonyl (C=O) groups excluding carboxylic acids is 1. The van der Waals surface area contributed by atoms with E-state index in [9.17, 15) is 4.79 Å². The summed E-state index contributed by atoms with van der Waals surface area (Å²) in [6.45, 7) is 0.952. The Morgan fingerprint density at radius 2 is 2.27 bits per heavy atom. The number of nitrogens with one attached hydrogen (secondary N) is 2. The van der Waals surface area contributed by atoms with Crippen molar-refractivity contribution in [1.29, 1.82) is 0 Å². The van der Waals surface area contributed by atoms with Gasteiger partial charge >= 0.3 is 0 Å². The number of hydrogen-bond acceptors (Lipinski definition) is 4. The lowest BCUT2D eigenvalue weighted by Gasteiger charge is -2.03. The molecule has 1 amide bonds. The summed E-state index contributed by atoms with van der Waals surface area (Å²) in [5.74, 6) is 1.32. The van der Waals surface area contributed by atoms with E-state index in [0.717, 1.165) is 18.3 Å². The number of hydrogen-bond donors (Lipinski definition) is 2. The topological polar surface area (TPSA) is 66.9 Å². The fraction of sp³-hybridized carbons (Fsp3) is 0.500. The maximum atomic E-state index is 11.2. The van der Waals surface area contributed by atoms with Gasteiger partial charge in [-0.25, -0.2) is 0 Å². The predicted octanol–water partition coefficient (Wildman–Crippen LogP) is 0.658. The SMILES string of the molecule is CNC(=O)c1ccc(NCC2CC2)nn1. The smallest absolute Gasteiger partial charge is 0.271 e. The standard InChI is InChI=1S/C10H14N4O/c1-11-10(15)8-4-5-9(14-13-8)12-6-7-2-3-7/h4-5,7H,2-3,6H2,1H3,(H,11,15)(H,12,14). The predicted molar refractivity (Wildman–Crippen MR) is 56.6 cm³/mol. The van der Waals surface area contributed by atoms with Crippen LogP contribution in [0.2, 0.25) is 0 Å². The Morgan fingerprint density at radius 1 is 1.47 bits per heavy atom. The molecule has 80 valence electrons. The van der Waals surface area contributed by atoms with Gasteiger partial charge in [-0.3, -0.25) is 4.79 Å². The van der Waals surface area contributed by atoms with Crippen molar-refractivity contribution >= 4 is 11.7 Å². The maximum absolute atomic E-state index is 11.2. The van der Waals surface area contributed by atoms with Crippen molar-refractivity contribution in [3.05, 3.63) is 17.8 Å². The Kier molecular flexibility index (Phi) is 2.80. The van der Waals surface area contributed by atoms with Crippen LogP contribution in [0.1, 0.15) is 23.3 Å². The van der Waals surface area contributed by atoms with E-state index in [4.69, 9.17) is 0 Å². The summed E-state index contributed by atoms with van der Waals surface area (Å²) in [4.78, 5) is 11.2. The normalized spacial score (nSPS) is 14.7. The molecular weight excluding hydrogens is 192 g/mol. The molecule has 1 aliphatic rings. The number of nitrogens with zero attached hydrogens (tertiary/aromatic N) is 2. The Morgan fingerprint density at radius 3 is 2.80 bits per heavy atom. The quantitative estimate of drug-likeness (QED) is 0.759. The van der Waals surface area contributed by atoms with Crippen molar-refractivity contribution < 1.29 is 4.79 Å². The minimum Gasteiger partial charge on any atom is -0.368 e. The highest BCUT2D eigenvalue weighted by Gasteiger charge is 2.20. The molecule has 0 aromatic carbocycles. The summed E-state index contributed by atoms with van der Waals surface area (Å²) in [5, 5.41) is 13.4. The van der Waals surface area contributed by atoms with Crippen LogP contribution in [-0.4, -0.2) is 29.7 Å². The molecule has 1 aromatic heterocycles. The van der Waals surface area contributed by atoms with Crippen molar-refractivity contribution in [2.75, 3.05) is 18.9 Å².